The number of aryl methyl sites for hydroxylation is 2. The molecule has 2 N–H and O–H groups in total. The molecule has 1 aromatic rings. The van der Waals surface area contributed by atoms with Gasteiger partial charge in [0.05, 0.1) is 5.75 Å². The van der Waals surface area contributed by atoms with Crippen LogP contribution in [0.5, 0.6) is 0 Å². The summed E-state index contributed by atoms with van der Waals surface area (Å²) in [6, 6.07) is 6.37. The Kier molecular flexibility index (Phi) is 6.01. The number of guanidine groups is 1. The van der Waals surface area contributed by atoms with E-state index in [0.717, 1.165) is 6.42 Å². The number of nitrogens with zero attached hydrogens (tertiary/aromatic N) is 2. The van der Waals surface area contributed by atoms with Gasteiger partial charge in [-0.3, -0.25) is 4.99 Å². The number of rotatable bonds is 5. The number of nitrogens with one attached hydrogen (secondary N) is 2. The highest BCUT2D eigenvalue weighted by Gasteiger charge is 2.27. The van der Waals surface area contributed by atoms with E-state index in [9.17, 15) is 8.42 Å². The summed E-state index contributed by atoms with van der Waals surface area (Å²) in [5, 5.41) is 6.43. The van der Waals surface area contributed by atoms with Gasteiger partial charge < -0.3 is 10.6 Å². The summed E-state index contributed by atoms with van der Waals surface area (Å²) >= 11 is 0. The number of hydrogen-bond acceptors (Lipinski definition) is 3. The SMILES string of the molecule is CN=C(NCCN1CCCS1(=O)=O)NCc1ccc(C)cc1C. The fourth-order valence-electron chi connectivity index (χ4n) is 2.69. The molecule has 0 bridgehead atoms. The highest BCUT2D eigenvalue weighted by atomic mass is 32.2. The molecule has 0 atom stereocenters. The van der Waals surface area contributed by atoms with Gasteiger partial charge in [-0.25, -0.2) is 12.7 Å². The van der Waals surface area contributed by atoms with Gasteiger partial charge >= 0.3 is 0 Å². The van der Waals surface area contributed by atoms with Gasteiger partial charge in [-0.15, -0.1) is 0 Å². The first-order chi connectivity index (χ1) is 10.9. The lowest BCUT2D eigenvalue weighted by atomic mass is 10.1. The molecule has 2 rings (SSSR count). The lowest BCUT2D eigenvalue weighted by Gasteiger charge is -2.17. The largest absolute Gasteiger partial charge is 0.355 e. The third-order valence-electron chi connectivity index (χ3n) is 4.02. The van der Waals surface area contributed by atoms with E-state index in [2.05, 4.69) is 47.7 Å². The third kappa shape index (κ3) is 4.94. The molecule has 1 heterocycles. The van der Waals surface area contributed by atoms with Crippen molar-refractivity contribution >= 4 is 16.0 Å². The van der Waals surface area contributed by atoms with E-state index >= 15 is 0 Å². The first kappa shape index (κ1) is 17.7. The summed E-state index contributed by atoms with van der Waals surface area (Å²) in [6.45, 7) is 6.51. The highest BCUT2D eigenvalue weighted by Crippen LogP contribution is 2.12. The molecule has 0 unspecified atom stereocenters. The van der Waals surface area contributed by atoms with Crippen LogP contribution in [0.2, 0.25) is 0 Å². The second-order valence-electron chi connectivity index (χ2n) is 5.85. The molecule has 1 aliphatic heterocycles. The summed E-state index contributed by atoms with van der Waals surface area (Å²) in [4.78, 5) is 4.18. The predicted molar refractivity (Wildman–Crippen MR) is 94.1 cm³/mol. The monoisotopic (exact) mass is 338 g/mol. The number of hydrogen-bond donors (Lipinski definition) is 2. The number of benzene rings is 1. The van der Waals surface area contributed by atoms with Crippen molar-refractivity contribution in [2.45, 2.75) is 26.8 Å². The maximum absolute atomic E-state index is 11.7. The first-order valence-corrected chi connectivity index (χ1v) is 9.52. The smallest absolute Gasteiger partial charge is 0.214 e. The summed E-state index contributed by atoms with van der Waals surface area (Å²) in [7, 11) is -1.31. The molecule has 0 amide bonds. The van der Waals surface area contributed by atoms with Gasteiger partial charge in [0, 0.05) is 33.2 Å². The molecule has 7 heteroatoms. The zero-order valence-electron chi connectivity index (χ0n) is 14.1. The standard InChI is InChI=1S/C16H26N4O2S/c1-13-5-6-15(14(2)11-13)12-19-16(17-3)18-7-9-20-8-4-10-23(20,21)22/h5-6,11H,4,7-10,12H2,1-3H3,(H2,17,18,19). The van der Waals surface area contributed by atoms with Gasteiger partial charge in [-0.1, -0.05) is 23.8 Å². The Morgan fingerprint density at radius 2 is 2.09 bits per heavy atom. The predicted octanol–water partition coefficient (Wildman–Crippen LogP) is 1.00. The van der Waals surface area contributed by atoms with Crippen molar-refractivity contribution in [3.8, 4) is 0 Å². The molecular weight excluding hydrogens is 312 g/mol. The maximum Gasteiger partial charge on any atom is 0.214 e. The summed E-state index contributed by atoms with van der Waals surface area (Å²) in [5.41, 5.74) is 3.72. The zero-order chi connectivity index (χ0) is 16.9. The third-order valence-corrected chi connectivity index (χ3v) is 5.98. The molecule has 1 saturated heterocycles. The average Bonchev–Trinajstić information content (AvgIpc) is 2.83. The Balaban J connectivity index is 1.80. The molecule has 1 fully saturated rings. The minimum Gasteiger partial charge on any atom is -0.355 e. The van der Waals surface area contributed by atoms with Crippen LogP contribution in [-0.4, -0.2) is 51.1 Å². The van der Waals surface area contributed by atoms with E-state index in [4.69, 9.17) is 0 Å². The molecular formula is C16H26N4O2S. The van der Waals surface area contributed by atoms with Crippen LogP contribution in [0.1, 0.15) is 23.1 Å². The van der Waals surface area contributed by atoms with Crippen LogP contribution in [0.3, 0.4) is 0 Å². The zero-order valence-corrected chi connectivity index (χ0v) is 14.9. The first-order valence-electron chi connectivity index (χ1n) is 7.91. The van der Waals surface area contributed by atoms with E-state index in [1.54, 1.807) is 7.05 Å². The fourth-order valence-corrected chi connectivity index (χ4v) is 4.21. The van der Waals surface area contributed by atoms with Gasteiger partial charge in [0.1, 0.15) is 0 Å². The van der Waals surface area contributed by atoms with Crippen molar-refractivity contribution in [2.24, 2.45) is 4.99 Å². The minimum atomic E-state index is -3.02. The van der Waals surface area contributed by atoms with Crippen molar-refractivity contribution in [1.29, 1.82) is 0 Å². The Morgan fingerprint density at radius 1 is 1.30 bits per heavy atom. The van der Waals surface area contributed by atoms with Crippen LogP contribution >= 0.6 is 0 Å². The van der Waals surface area contributed by atoms with E-state index < -0.39 is 10.0 Å². The Hall–Kier alpha value is -1.60. The van der Waals surface area contributed by atoms with Gasteiger partial charge in [0.25, 0.3) is 0 Å². The quantitative estimate of drug-likeness (QED) is 0.621. The molecule has 1 aliphatic rings. The van der Waals surface area contributed by atoms with Gasteiger partial charge in [0.15, 0.2) is 5.96 Å². The molecule has 0 aromatic heterocycles. The lowest BCUT2D eigenvalue weighted by Crippen LogP contribution is -2.41. The van der Waals surface area contributed by atoms with Crippen molar-refractivity contribution < 1.29 is 8.42 Å². The highest BCUT2D eigenvalue weighted by molar-refractivity contribution is 7.89. The van der Waals surface area contributed by atoms with Crippen LogP contribution in [0, 0.1) is 13.8 Å². The Labute approximate surface area is 139 Å². The van der Waals surface area contributed by atoms with Crippen molar-refractivity contribution in [3.63, 3.8) is 0 Å². The van der Waals surface area contributed by atoms with Crippen LogP contribution in [-0.2, 0) is 16.6 Å². The number of sulfonamides is 1. The molecule has 1 aromatic carbocycles. The minimum absolute atomic E-state index is 0.271. The molecule has 23 heavy (non-hydrogen) atoms. The molecule has 0 saturated carbocycles. The van der Waals surface area contributed by atoms with Crippen LogP contribution in [0.15, 0.2) is 23.2 Å². The van der Waals surface area contributed by atoms with Crippen molar-refractivity contribution in [2.75, 3.05) is 32.4 Å². The van der Waals surface area contributed by atoms with Gasteiger partial charge in [0.2, 0.25) is 10.0 Å². The summed E-state index contributed by atoms with van der Waals surface area (Å²) in [6.07, 6.45) is 0.724. The van der Waals surface area contributed by atoms with E-state index in [-0.39, 0.29) is 5.75 Å². The maximum atomic E-state index is 11.7. The van der Waals surface area contributed by atoms with Crippen molar-refractivity contribution in [1.82, 2.24) is 14.9 Å². The Morgan fingerprint density at radius 3 is 2.70 bits per heavy atom. The molecule has 0 spiro atoms. The summed E-state index contributed by atoms with van der Waals surface area (Å²) in [5.74, 6) is 0.953. The van der Waals surface area contributed by atoms with Crippen molar-refractivity contribution in [3.05, 3.63) is 34.9 Å². The van der Waals surface area contributed by atoms with E-state index in [1.807, 2.05) is 0 Å². The van der Waals surface area contributed by atoms with E-state index in [1.165, 1.54) is 21.0 Å². The molecule has 0 radical (unpaired) electrons. The van der Waals surface area contributed by atoms with E-state index in [0.29, 0.717) is 32.1 Å². The van der Waals surface area contributed by atoms with Gasteiger partial charge in [-0.2, -0.15) is 0 Å². The topological polar surface area (TPSA) is 73.8 Å². The molecule has 128 valence electrons. The Bertz CT molecular complexity index is 671. The molecule has 0 aliphatic carbocycles. The fraction of sp³-hybridized carbons (Fsp3) is 0.562. The van der Waals surface area contributed by atoms with Gasteiger partial charge in [-0.05, 0) is 31.4 Å². The van der Waals surface area contributed by atoms with Crippen LogP contribution < -0.4 is 10.6 Å². The summed E-state index contributed by atoms with van der Waals surface area (Å²) < 4.78 is 25.0. The van der Waals surface area contributed by atoms with Crippen LogP contribution in [0.4, 0.5) is 0 Å². The second-order valence-corrected chi connectivity index (χ2v) is 7.94. The van der Waals surface area contributed by atoms with Crippen LogP contribution in [0.25, 0.3) is 0 Å². The normalized spacial score (nSPS) is 18.1. The average molecular weight is 338 g/mol. The molecule has 6 nitrogen and oxygen atoms in total. The lowest BCUT2D eigenvalue weighted by molar-refractivity contribution is 0.445. The number of aliphatic imine (C=N–C) groups is 1. The second kappa shape index (κ2) is 7.79.